The number of nitrogens with zero attached hydrogens (tertiary/aromatic N) is 2. The third-order valence-corrected chi connectivity index (χ3v) is 5.89. The largest absolute Gasteiger partial charge is 0.256 e. The van der Waals surface area contributed by atoms with Crippen LogP contribution in [0.2, 0.25) is 10.0 Å². The summed E-state index contributed by atoms with van der Waals surface area (Å²) in [5, 5.41) is 1.44. The SMILES string of the molecule is Clc1ccc(C=Nc2ccc(Sc3ccc(N=Cc4ccc(Cl)cc4)cc3)cc2)cc1. The summed E-state index contributed by atoms with van der Waals surface area (Å²) < 4.78 is 0. The van der Waals surface area contributed by atoms with E-state index < -0.39 is 0 Å². The van der Waals surface area contributed by atoms with E-state index >= 15 is 0 Å². The highest BCUT2D eigenvalue weighted by atomic mass is 35.5. The summed E-state index contributed by atoms with van der Waals surface area (Å²) >= 11 is 13.5. The van der Waals surface area contributed by atoms with Gasteiger partial charge in [-0.2, -0.15) is 0 Å². The normalized spacial score (nSPS) is 11.4. The molecule has 0 atom stereocenters. The van der Waals surface area contributed by atoms with Crippen LogP contribution in [0.1, 0.15) is 11.1 Å². The van der Waals surface area contributed by atoms with Crippen LogP contribution in [0, 0.1) is 0 Å². The second-order valence-electron chi connectivity index (χ2n) is 6.71. The Kier molecular flexibility index (Phi) is 7.21. The van der Waals surface area contributed by atoms with Crippen molar-refractivity contribution in [2.75, 3.05) is 0 Å². The molecule has 4 aromatic carbocycles. The van der Waals surface area contributed by atoms with E-state index in [2.05, 4.69) is 34.3 Å². The summed E-state index contributed by atoms with van der Waals surface area (Å²) in [7, 11) is 0. The Morgan fingerprint density at radius 2 is 0.839 bits per heavy atom. The van der Waals surface area contributed by atoms with Gasteiger partial charge in [0.2, 0.25) is 0 Å². The Morgan fingerprint density at radius 1 is 0.484 bits per heavy atom. The molecule has 0 aliphatic heterocycles. The van der Waals surface area contributed by atoms with E-state index in [-0.39, 0.29) is 0 Å². The molecule has 0 unspecified atom stereocenters. The number of rotatable bonds is 6. The van der Waals surface area contributed by atoms with E-state index in [1.54, 1.807) is 11.8 Å². The van der Waals surface area contributed by atoms with Crippen LogP contribution in [0.25, 0.3) is 0 Å². The first-order chi connectivity index (χ1) is 15.1. The van der Waals surface area contributed by atoms with Crippen molar-refractivity contribution in [3.8, 4) is 0 Å². The number of halogens is 2. The lowest BCUT2D eigenvalue weighted by molar-refractivity contribution is 1.38. The molecule has 31 heavy (non-hydrogen) atoms. The molecule has 2 nitrogen and oxygen atoms in total. The fraction of sp³-hybridized carbons (Fsp3) is 0. The number of hydrogen-bond donors (Lipinski definition) is 0. The highest BCUT2D eigenvalue weighted by Gasteiger charge is 1.99. The van der Waals surface area contributed by atoms with Gasteiger partial charge < -0.3 is 0 Å². The summed E-state index contributed by atoms with van der Waals surface area (Å²) in [5.74, 6) is 0. The van der Waals surface area contributed by atoms with Gasteiger partial charge in [-0.1, -0.05) is 59.2 Å². The molecule has 0 N–H and O–H groups in total. The first-order valence-electron chi connectivity index (χ1n) is 9.61. The van der Waals surface area contributed by atoms with Crippen molar-refractivity contribution in [2.24, 2.45) is 9.98 Å². The summed E-state index contributed by atoms with van der Waals surface area (Å²) in [6, 6.07) is 31.6. The number of aliphatic imine (C=N–C) groups is 2. The van der Waals surface area contributed by atoms with Crippen LogP contribution in [0.4, 0.5) is 11.4 Å². The Morgan fingerprint density at radius 3 is 1.19 bits per heavy atom. The van der Waals surface area contributed by atoms with E-state index in [9.17, 15) is 0 Å². The van der Waals surface area contributed by atoms with Crippen LogP contribution >= 0.6 is 35.0 Å². The molecule has 0 aliphatic rings. The smallest absolute Gasteiger partial charge is 0.0630 e. The predicted molar refractivity (Wildman–Crippen MR) is 134 cm³/mol. The van der Waals surface area contributed by atoms with Crippen LogP contribution in [-0.2, 0) is 0 Å². The van der Waals surface area contributed by atoms with Gasteiger partial charge in [0.1, 0.15) is 0 Å². The van der Waals surface area contributed by atoms with E-state index in [1.807, 2.05) is 85.2 Å². The summed E-state index contributed by atoms with van der Waals surface area (Å²) in [5.41, 5.74) is 3.85. The molecule has 4 aromatic rings. The molecule has 4 rings (SSSR count). The second-order valence-corrected chi connectivity index (χ2v) is 8.73. The summed E-state index contributed by atoms with van der Waals surface area (Å²) in [4.78, 5) is 11.3. The minimum Gasteiger partial charge on any atom is -0.256 e. The van der Waals surface area contributed by atoms with Crippen LogP contribution < -0.4 is 0 Å². The van der Waals surface area contributed by atoms with Gasteiger partial charge >= 0.3 is 0 Å². The summed E-state index contributed by atoms with van der Waals surface area (Å²) in [6.07, 6.45) is 3.67. The van der Waals surface area contributed by atoms with Crippen LogP contribution in [0.5, 0.6) is 0 Å². The van der Waals surface area contributed by atoms with E-state index in [4.69, 9.17) is 23.2 Å². The lowest BCUT2D eigenvalue weighted by Crippen LogP contribution is -1.79. The highest BCUT2D eigenvalue weighted by Crippen LogP contribution is 2.30. The molecule has 0 aliphatic carbocycles. The van der Waals surface area contributed by atoms with Gasteiger partial charge in [0.25, 0.3) is 0 Å². The molecular formula is C26H18Cl2N2S. The maximum atomic E-state index is 5.91. The fourth-order valence-electron chi connectivity index (χ4n) is 2.73. The van der Waals surface area contributed by atoms with Gasteiger partial charge in [0, 0.05) is 32.3 Å². The van der Waals surface area contributed by atoms with Crippen molar-refractivity contribution in [1.82, 2.24) is 0 Å². The quantitative estimate of drug-likeness (QED) is 0.264. The van der Waals surface area contributed by atoms with Gasteiger partial charge in [-0.05, 0) is 83.9 Å². The van der Waals surface area contributed by atoms with Crippen LogP contribution in [0.15, 0.2) is 117 Å². The van der Waals surface area contributed by atoms with Crippen molar-refractivity contribution in [3.05, 3.63) is 118 Å². The Labute approximate surface area is 196 Å². The molecule has 152 valence electrons. The molecule has 0 saturated carbocycles. The van der Waals surface area contributed by atoms with Gasteiger partial charge in [0.15, 0.2) is 0 Å². The molecule has 0 amide bonds. The minimum absolute atomic E-state index is 0.722. The lowest BCUT2D eigenvalue weighted by Gasteiger charge is -2.03. The second kappa shape index (κ2) is 10.5. The standard InChI is InChI=1S/C26H18Cl2N2S/c27-21-5-1-19(2-6-21)17-29-23-9-13-25(14-10-23)31-26-15-11-24(12-16-26)30-18-20-3-7-22(28)8-4-20/h1-18H. The molecule has 0 aromatic heterocycles. The summed E-state index contributed by atoms with van der Waals surface area (Å²) in [6.45, 7) is 0. The fourth-order valence-corrected chi connectivity index (χ4v) is 3.80. The molecule has 0 radical (unpaired) electrons. The Hall–Kier alpha value is -2.85. The zero-order chi connectivity index (χ0) is 21.5. The molecule has 0 fully saturated rings. The molecule has 0 saturated heterocycles. The zero-order valence-electron chi connectivity index (χ0n) is 16.5. The van der Waals surface area contributed by atoms with Crippen LogP contribution in [-0.4, -0.2) is 12.4 Å². The van der Waals surface area contributed by atoms with Gasteiger partial charge in [-0.25, -0.2) is 0 Å². The van der Waals surface area contributed by atoms with Crippen molar-refractivity contribution in [3.63, 3.8) is 0 Å². The van der Waals surface area contributed by atoms with Crippen molar-refractivity contribution in [2.45, 2.75) is 9.79 Å². The Bertz CT molecular complexity index is 1090. The molecule has 0 heterocycles. The topological polar surface area (TPSA) is 24.7 Å². The number of hydrogen-bond acceptors (Lipinski definition) is 3. The molecular weight excluding hydrogens is 443 g/mol. The number of benzene rings is 4. The van der Waals surface area contributed by atoms with Gasteiger partial charge in [-0.3, -0.25) is 9.98 Å². The first-order valence-corrected chi connectivity index (χ1v) is 11.2. The predicted octanol–water partition coefficient (Wildman–Crippen LogP) is 8.65. The third kappa shape index (κ3) is 6.56. The van der Waals surface area contributed by atoms with Crippen molar-refractivity contribution in [1.29, 1.82) is 0 Å². The monoisotopic (exact) mass is 460 g/mol. The van der Waals surface area contributed by atoms with Gasteiger partial charge in [-0.15, -0.1) is 0 Å². The van der Waals surface area contributed by atoms with Gasteiger partial charge in [0.05, 0.1) is 11.4 Å². The molecule has 0 bridgehead atoms. The minimum atomic E-state index is 0.722. The third-order valence-electron chi connectivity index (χ3n) is 4.37. The molecule has 5 heteroatoms. The zero-order valence-corrected chi connectivity index (χ0v) is 18.8. The van der Waals surface area contributed by atoms with E-state index in [1.165, 1.54) is 0 Å². The average Bonchev–Trinajstić information content (AvgIpc) is 2.80. The lowest BCUT2D eigenvalue weighted by atomic mass is 10.2. The first kappa shape index (κ1) is 21.4. The average molecular weight is 461 g/mol. The maximum absolute atomic E-state index is 5.91. The highest BCUT2D eigenvalue weighted by molar-refractivity contribution is 7.99. The molecule has 0 spiro atoms. The van der Waals surface area contributed by atoms with E-state index in [0.29, 0.717) is 0 Å². The van der Waals surface area contributed by atoms with Crippen LogP contribution in [0.3, 0.4) is 0 Å². The Balaban J connectivity index is 1.35. The maximum Gasteiger partial charge on any atom is 0.0630 e. The van der Waals surface area contributed by atoms with E-state index in [0.717, 1.165) is 42.3 Å². The van der Waals surface area contributed by atoms with Crippen molar-refractivity contribution < 1.29 is 0 Å². The van der Waals surface area contributed by atoms with Crippen molar-refractivity contribution >= 4 is 58.8 Å².